The SMILES string of the molecule is COc1cc(NC(=O)NC(C)c2ccc(C)cc2)ccc1NC(C)=O. The molecule has 0 saturated carbocycles. The molecule has 6 heteroatoms. The summed E-state index contributed by atoms with van der Waals surface area (Å²) in [6, 6.07) is 12.6. The molecular weight excluding hydrogens is 318 g/mol. The molecule has 1 unspecified atom stereocenters. The summed E-state index contributed by atoms with van der Waals surface area (Å²) < 4.78 is 5.24. The Kier molecular flexibility index (Phi) is 6.00. The van der Waals surface area contributed by atoms with Gasteiger partial charge < -0.3 is 20.7 Å². The lowest BCUT2D eigenvalue weighted by molar-refractivity contribution is -0.114. The summed E-state index contributed by atoms with van der Waals surface area (Å²) in [5.41, 5.74) is 3.32. The van der Waals surface area contributed by atoms with Gasteiger partial charge in [-0.3, -0.25) is 4.79 Å². The minimum absolute atomic E-state index is 0.124. The van der Waals surface area contributed by atoms with Crippen LogP contribution in [0.5, 0.6) is 5.75 Å². The molecular formula is C19H23N3O3. The summed E-state index contributed by atoms with van der Waals surface area (Å²) >= 11 is 0. The zero-order valence-electron chi connectivity index (χ0n) is 14.8. The number of amides is 3. The standard InChI is InChI=1S/C19H23N3O3/c1-12-5-7-15(8-6-12)13(2)20-19(24)22-16-9-10-17(21-14(3)23)18(11-16)25-4/h5-11,13H,1-4H3,(H,21,23)(H2,20,22,24). The third-order valence-electron chi connectivity index (χ3n) is 3.70. The number of ether oxygens (including phenoxy) is 1. The fraction of sp³-hybridized carbons (Fsp3) is 0.263. The molecule has 2 aromatic carbocycles. The number of aryl methyl sites for hydroxylation is 1. The molecule has 0 bridgehead atoms. The Labute approximate surface area is 147 Å². The van der Waals surface area contributed by atoms with Gasteiger partial charge in [0.05, 0.1) is 18.8 Å². The second kappa shape index (κ2) is 8.19. The van der Waals surface area contributed by atoms with E-state index in [4.69, 9.17) is 4.74 Å². The van der Waals surface area contributed by atoms with E-state index in [1.165, 1.54) is 19.6 Å². The Hall–Kier alpha value is -3.02. The van der Waals surface area contributed by atoms with E-state index < -0.39 is 0 Å². The highest BCUT2D eigenvalue weighted by molar-refractivity contribution is 5.93. The maximum Gasteiger partial charge on any atom is 0.319 e. The fourth-order valence-corrected chi connectivity index (χ4v) is 2.36. The average molecular weight is 341 g/mol. The summed E-state index contributed by atoms with van der Waals surface area (Å²) in [6.45, 7) is 5.36. The van der Waals surface area contributed by atoms with Gasteiger partial charge in [-0.05, 0) is 31.5 Å². The third-order valence-corrected chi connectivity index (χ3v) is 3.70. The van der Waals surface area contributed by atoms with E-state index in [-0.39, 0.29) is 18.0 Å². The number of anilines is 2. The lowest BCUT2D eigenvalue weighted by Gasteiger charge is -2.16. The lowest BCUT2D eigenvalue weighted by Crippen LogP contribution is -2.31. The molecule has 25 heavy (non-hydrogen) atoms. The zero-order chi connectivity index (χ0) is 18.4. The molecule has 3 amide bonds. The number of carbonyl (C=O) groups is 2. The van der Waals surface area contributed by atoms with E-state index >= 15 is 0 Å². The second-order valence-electron chi connectivity index (χ2n) is 5.83. The second-order valence-corrected chi connectivity index (χ2v) is 5.83. The van der Waals surface area contributed by atoms with E-state index in [9.17, 15) is 9.59 Å². The van der Waals surface area contributed by atoms with Crippen LogP contribution in [0.3, 0.4) is 0 Å². The largest absolute Gasteiger partial charge is 0.494 e. The number of methoxy groups -OCH3 is 1. The smallest absolute Gasteiger partial charge is 0.319 e. The van der Waals surface area contributed by atoms with Crippen LogP contribution in [0.15, 0.2) is 42.5 Å². The molecule has 0 aromatic heterocycles. The molecule has 1 atom stereocenters. The van der Waals surface area contributed by atoms with E-state index in [2.05, 4.69) is 16.0 Å². The quantitative estimate of drug-likeness (QED) is 0.773. The minimum atomic E-state index is -0.317. The number of hydrogen-bond donors (Lipinski definition) is 3. The number of benzene rings is 2. The van der Waals surface area contributed by atoms with Gasteiger partial charge in [0.1, 0.15) is 5.75 Å². The van der Waals surface area contributed by atoms with Crippen molar-refractivity contribution in [3.63, 3.8) is 0 Å². The molecule has 132 valence electrons. The summed E-state index contributed by atoms with van der Waals surface area (Å²) in [4.78, 5) is 23.4. The predicted molar refractivity (Wildman–Crippen MR) is 99.0 cm³/mol. The topological polar surface area (TPSA) is 79.5 Å². The Morgan fingerprint density at radius 3 is 2.32 bits per heavy atom. The number of nitrogens with one attached hydrogen (secondary N) is 3. The van der Waals surface area contributed by atoms with Crippen LogP contribution in [0.1, 0.15) is 31.0 Å². The molecule has 0 aliphatic rings. The van der Waals surface area contributed by atoms with Crippen molar-refractivity contribution in [2.45, 2.75) is 26.8 Å². The van der Waals surface area contributed by atoms with E-state index in [1.54, 1.807) is 18.2 Å². The molecule has 2 rings (SSSR count). The van der Waals surface area contributed by atoms with Gasteiger partial charge in [-0.15, -0.1) is 0 Å². The van der Waals surface area contributed by atoms with Crippen LogP contribution in [-0.4, -0.2) is 19.0 Å². The maximum absolute atomic E-state index is 12.2. The Morgan fingerprint density at radius 2 is 1.72 bits per heavy atom. The van der Waals surface area contributed by atoms with E-state index in [1.807, 2.05) is 38.1 Å². The van der Waals surface area contributed by atoms with Crippen molar-refractivity contribution in [2.75, 3.05) is 17.7 Å². The van der Waals surface area contributed by atoms with Crippen molar-refractivity contribution in [1.82, 2.24) is 5.32 Å². The van der Waals surface area contributed by atoms with Crippen LogP contribution >= 0.6 is 0 Å². The summed E-state index contributed by atoms with van der Waals surface area (Å²) in [5, 5.41) is 8.33. The maximum atomic E-state index is 12.2. The lowest BCUT2D eigenvalue weighted by atomic mass is 10.1. The number of carbonyl (C=O) groups excluding carboxylic acids is 2. The molecule has 0 saturated heterocycles. The summed E-state index contributed by atoms with van der Waals surface area (Å²) in [7, 11) is 1.50. The zero-order valence-corrected chi connectivity index (χ0v) is 14.8. The number of urea groups is 1. The van der Waals surface area contributed by atoms with Gasteiger partial charge in [-0.1, -0.05) is 29.8 Å². The van der Waals surface area contributed by atoms with Crippen LogP contribution in [0.4, 0.5) is 16.2 Å². The summed E-state index contributed by atoms with van der Waals surface area (Å²) in [6.07, 6.45) is 0. The first-order valence-electron chi connectivity index (χ1n) is 7.98. The molecule has 2 aromatic rings. The molecule has 3 N–H and O–H groups in total. The van der Waals surface area contributed by atoms with Crippen molar-refractivity contribution in [3.8, 4) is 5.75 Å². The Morgan fingerprint density at radius 1 is 1.04 bits per heavy atom. The molecule has 0 heterocycles. The van der Waals surface area contributed by atoms with Gasteiger partial charge >= 0.3 is 6.03 Å². The van der Waals surface area contributed by atoms with Crippen LogP contribution < -0.4 is 20.7 Å². The van der Waals surface area contributed by atoms with Crippen LogP contribution in [-0.2, 0) is 4.79 Å². The molecule has 0 aliphatic heterocycles. The Bertz CT molecular complexity index is 757. The van der Waals surface area contributed by atoms with Gasteiger partial charge in [-0.2, -0.15) is 0 Å². The van der Waals surface area contributed by atoms with Crippen molar-refractivity contribution in [1.29, 1.82) is 0 Å². The van der Waals surface area contributed by atoms with Gasteiger partial charge in [0.2, 0.25) is 5.91 Å². The monoisotopic (exact) mass is 341 g/mol. The highest BCUT2D eigenvalue weighted by Gasteiger charge is 2.11. The number of hydrogen-bond acceptors (Lipinski definition) is 3. The molecule has 6 nitrogen and oxygen atoms in total. The highest BCUT2D eigenvalue weighted by Crippen LogP contribution is 2.28. The van der Waals surface area contributed by atoms with Crippen LogP contribution in [0, 0.1) is 6.92 Å². The predicted octanol–water partition coefficient (Wildman–Crippen LogP) is 3.84. The minimum Gasteiger partial charge on any atom is -0.494 e. The van der Waals surface area contributed by atoms with Crippen molar-refractivity contribution < 1.29 is 14.3 Å². The fourth-order valence-electron chi connectivity index (χ4n) is 2.36. The normalized spacial score (nSPS) is 11.4. The van der Waals surface area contributed by atoms with Gasteiger partial charge in [0.15, 0.2) is 0 Å². The third kappa shape index (κ3) is 5.24. The van der Waals surface area contributed by atoms with E-state index in [0.29, 0.717) is 17.1 Å². The Balaban J connectivity index is 2.02. The van der Waals surface area contributed by atoms with Gasteiger partial charge in [-0.25, -0.2) is 4.79 Å². The van der Waals surface area contributed by atoms with Gasteiger partial charge in [0.25, 0.3) is 0 Å². The first-order valence-corrected chi connectivity index (χ1v) is 7.98. The molecule has 0 radical (unpaired) electrons. The van der Waals surface area contributed by atoms with Crippen molar-refractivity contribution in [3.05, 3.63) is 53.6 Å². The van der Waals surface area contributed by atoms with Crippen molar-refractivity contribution >= 4 is 23.3 Å². The highest BCUT2D eigenvalue weighted by atomic mass is 16.5. The first-order chi connectivity index (χ1) is 11.9. The van der Waals surface area contributed by atoms with E-state index in [0.717, 1.165) is 5.56 Å². The van der Waals surface area contributed by atoms with Crippen LogP contribution in [0.2, 0.25) is 0 Å². The molecule has 0 spiro atoms. The average Bonchev–Trinajstić information content (AvgIpc) is 2.56. The first kappa shape index (κ1) is 18.3. The van der Waals surface area contributed by atoms with Crippen molar-refractivity contribution in [2.24, 2.45) is 0 Å². The number of rotatable bonds is 5. The molecule has 0 aliphatic carbocycles. The summed E-state index contributed by atoms with van der Waals surface area (Å²) in [5.74, 6) is 0.281. The van der Waals surface area contributed by atoms with Crippen LogP contribution in [0.25, 0.3) is 0 Å². The van der Waals surface area contributed by atoms with Gasteiger partial charge in [0, 0.05) is 18.7 Å². The molecule has 0 fully saturated rings.